The van der Waals surface area contributed by atoms with Gasteiger partial charge in [0.25, 0.3) is 0 Å². The number of rotatable bonds is 9. The molecule has 0 fully saturated rings. The number of Topliss-reactive ketones (excluding diaryl/α,β-unsaturated/α-hetero) is 1. The molecule has 2 rings (SSSR count). The molecular weight excluding hydrogens is 398 g/mol. The lowest BCUT2D eigenvalue weighted by atomic mass is 10.1. The number of carbonyl (C=O) groups excluding carboxylic acids is 2. The van der Waals surface area contributed by atoms with Crippen LogP contribution in [0.3, 0.4) is 0 Å². The van der Waals surface area contributed by atoms with Gasteiger partial charge in [0.1, 0.15) is 11.5 Å². The summed E-state index contributed by atoms with van der Waals surface area (Å²) in [7, 11) is -0.983. The Morgan fingerprint density at radius 1 is 1.10 bits per heavy atom. The average Bonchev–Trinajstić information content (AvgIpc) is 2.75. The van der Waals surface area contributed by atoms with Gasteiger partial charge in [0.05, 0.1) is 36.8 Å². The first kappa shape index (κ1) is 21.9. The number of benzene rings is 2. The molecule has 0 radical (unpaired) electrons. The van der Waals surface area contributed by atoms with Crippen molar-refractivity contribution in [3.63, 3.8) is 0 Å². The number of ether oxygens (including phenoxy) is 3. The van der Waals surface area contributed by atoms with Crippen LogP contribution in [0.25, 0.3) is 0 Å². The minimum Gasteiger partial charge on any atom is -0.497 e. The van der Waals surface area contributed by atoms with E-state index < -0.39 is 28.4 Å². The second-order valence-corrected chi connectivity index (χ2v) is 7.39. The maximum Gasteiger partial charge on any atom is 0.338 e. The number of methoxy groups -OCH3 is 2. The number of hydrogen-bond donors (Lipinski definition) is 1. The van der Waals surface area contributed by atoms with E-state index in [2.05, 4.69) is 10.6 Å². The molecule has 0 saturated heterocycles. The van der Waals surface area contributed by atoms with Crippen LogP contribution < -0.4 is 14.2 Å². The molecule has 0 amide bonds. The van der Waals surface area contributed by atoms with Crippen LogP contribution in [0, 0.1) is 12.3 Å². The Balaban J connectivity index is 2.11. The average molecular weight is 417 g/mol. The lowest BCUT2D eigenvalue weighted by Crippen LogP contribution is -2.24. The molecule has 29 heavy (non-hydrogen) atoms. The highest BCUT2D eigenvalue weighted by Gasteiger charge is 2.19. The summed E-state index contributed by atoms with van der Waals surface area (Å²) in [6.45, 7) is -0.733. The summed E-state index contributed by atoms with van der Waals surface area (Å²) in [6, 6.07) is 9.82. The fraction of sp³-hybridized carbons (Fsp3) is 0.200. The molecule has 0 heterocycles. The van der Waals surface area contributed by atoms with Crippen molar-refractivity contribution in [2.45, 2.75) is 4.90 Å². The molecule has 0 atom stereocenters. The van der Waals surface area contributed by atoms with Gasteiger partial charge in [-0.25, -0.2) is 13.2 Å². The van der Waals surface area contributed by atoms with Crippen LogP contribution in [0.5, 0.6) is 11.5 Å². The van der Waals surface area contributed by atoms with Crippen LogP contribution in [0.4, 0.5) is 0 Å². The lowest BCUT2D eigenvalue weighted by Gasteiger charge is -2.10. The van der Waals surface area contributed by atoms with Crippen molar-refractivity contribution in [3.05, 3.63) is 53.6 Å². The van der Waals surface area contributed by atoms with E-state index in [0.29, 0.717) is 5.75 Å². The van der Waals surface area contributed by atoms with Crippen molar-refractivity contribution in [3.8, 4) is 23.8 Å². The van der Waals surface area contributed by atoms with E-state index in [4.69, 9.17) is 20.6 Å². The largest absolute Gasteiger partial charge is 0.497 e. The number of esters is 1. The van der Waals surface area contributed by atoms with Crippen LogP contribution in [-0.2, 0) is 14.8 Å². The molecule has 0 unspecified atom stereocenters. The normalized spacial score (nSPS) is 10.7. The zero-order chi connectivity index (χ0) is 21.4. The number of hydrogen-bond acceptors (Lipinski definition) is 7. The number of sulfonamides is 1. The zero-order valence-electron chi connectivity index (χ0n) is 15.8. The van der Waals surface area contributed by atoms with E-state index in [1.165, 1.54) is 44.6 Å². The number of terminal acetylenes is 1. The minimum atomic E-state index is -3.86. The first-order valence-corrected chi connectivity index (χ1v) is 9.76. The summed E-state index contributed by atoms with van der Waals surface area (Å²) in [4.78, 5) is 24.5. The van der Waals surface area contributed by atoms with Crippen molar-refractivity contribution in [2.24, 2.45) is 0 Å². The summed E-state index contributed by atoms with van der Waals surface area (Å²) in [5, 5.41) is 0. The van der Waals surface area contributed by atoms with Gasteiger partial charge in [-0.05, 0) is 30.3 Å². The highest BCUT2D eigenvalue weighted by Crippen LogP contribution is 2.25. The van der Waals surface area contributed by atoms with Gasteiger partial charge >= 0.3 is 5.97 Å². The van der Waals surface area contributed by atoms with Crippen LogP contribution in [0.2, 0.25) is 0 Å². The molecule has 0 aliphatic heterocycles. The number of carbonyl (C=O) groups is 2. The highest BCUT2D eigenvalue weighted by atomic mass is 32.2. The van der Waals surface area contributed by atoms with Crippen molar-refractivity contribution in [1.82, 2.24) is 4.72 Å². The summed E-state index contributed by atoms with van der Waals surface area (Å²) in [5.41, 5.74) is 0.194. The molecular formula is C20H19NO7S. The predicted molar refractivity (Wildman–Crippen MR) is 105 cm³/mol. The molecule has 2 aromatic rings. The summed E-state index contributed by atoms with van der Waals surface area (Å²) in [5.74, 6) is 1.60. The van der Waals surface area contributed by atoms with E-state index in [0.717, 1.165) is 6.07 Å². The fourth-order valence-electron chi connectivity index (χ4n) is 2.33. The molecule has 1 N–H and O–H groups in total. The second kappa shape index (κ2) is 9.73. The van der Waals surface area contributed by atoms with E-state index in [1.807, 2.05) is 0 Å². The van der Waals surface area contributed by atoms with Gasteiger partial charge in [0.2, 0.25) is 15.8 Å². The summed E-state index contributed by atoms with van der Waals surface area (Å²) >= 11 is 0. The smallest absolute Gasteiger partial charge is 0.338 e. The van der Waals surface area contributed by atoms with Crippen molar-refractivity contribution in [1.29, 1.82) is 0 Å². The lowest BCUT2D eigenvalue weighted by molar-refractivity contribution is 0.0473. The van der Waals surface area contributed by atoms with Gasteiger partial charge in [-0.3, -0.25) is 4.79 Å². The van der Waals surface area contributed by atoms with Gasteiger partial charge in [0, 0.05) is 6.07 Å². The molecule has 0 bridgehead atoms. The van der Waals surface area contributed by atoms with E-state index >= 15 is 0 Å². The molecule has 0 aliphatic rings. The Labute approximate surface area is 168 Å². The Morgan fingerprint density at radius 2 is 1.86 bits per heavy atom. The SMILES string of the molecule is C#CCNS(=O)(=O)c1cccc(C(=O)OCC(=O)c2ccc(OC)cc2OC)c1. The third-order valence-electron chi connectivity index (χ3n) is 3.79. The fourth-order valence-corrected chi connectivity index (χ4v) is 3.31. The van der Waals surface area contributed by atoms with Crippen molar-refractivity contribution in [2.75, 3.05) is 27.4 Å². The van der Waals surface area contributed by atoms with Gasteiger partial charge in [-0.1, -0.05) is 12.0 Å². The van der Waals surface area contributed by atoms with Crippen molar-refractivity contribution >= 4 is 21.8 Å². The molecule has 0 aliphatic carbocycles. The number of nitrogens with one attached hydrogen (secondary N) is 1. The third kappa shape index (κ3) is 5.57. The maximum atomic E-state index is 12.4. The van der Waals surface area contributed by atoms with Gasteiger partial charge in [-0.2, -0.15) is 4.72 Å². The van der Waals surface area contributed by atoms with Gasteiger partial charge < -0.3 is 14.2 Å². The summed E-state index contributed by atoms with van der Waals surface area (Å²) < 4.78 is 41.6. The van der Waals surface area contributed by atoms with E-state index in [-0.39, 0.29) is 28.3 Å². The molecule has 0 aromatic heterocycles. The monoisotopic (exact) mass is 417 g/mol. The van der Waals surface area contributed by atoms with Crippen LogP contribution in [-0.4, -0.2) is 47.5 Å². The molecule has 9 heteroatoms. The number of ketones is 1. The quantitative estimate of drug-likeness (QED) is 0.375. The first-order valence-electron chi connectivity index (χ1n) is 8.28. The zero-order valence-corrected chi connectivity index (χ0v) is 16.6. The predicted octanol–water partition coefficient (Wildman–Crippen LogP) is 1.66. The first-order chi connectivity index (χ1) is 13.8. The molecule has 0 saturated carbocycles. The maximum absolute atomic E-state index is 12.4. The Kier molecular flexibility index (Phi) is 7.36. The molecule has 152 valence electrons. The van der Waals surface area contributed by atoms with E-state index in [9.17, 15) is 18.0 Å². The Morgan fingerprint density at radius 3 is 2.52 bits per heavy atom. The van der Waals surface area contributed by atoms with Crippen LogP contribution >= 0.6 is 0 Å². The van der Waals surface area contributed by atoms with Crippen LogP contribution in [0.1, 0.15) is 20.7 Å². The topological polar surface area (TPSA) is 108 Å². The Hall–Kier alpha value is -3.35. The highest BCUT2D eigenvalue weighted by molar-refractivity contribution is 7.89. The van der Waals surface area contributed by atoms with Crippen LogP contribution in [0.15, 0.2) is 47.4 Å². The molecule has 2 aromatic carbocycles. The van der Waals surface area contributed by atoms with Gasteiger partial charge in [0.15, 0.2) is 6.61 Å². The third-order valence-corrected chi connectivity index (χ3v) is 5.19. The van der Waals surface area contributed by atoms with Gasteiger partial charge in [-0.15, -0.1) is 6.42 Å². The van der Waals surface area contributed by atoms with Crippen molar-refractivity contribution < 1.29 is 32.2 Å². The second-order valence-electron chi connectivity index (χ2n) is 5.62. The Bertz CT molecular complexity index is 1050. The minimum absolute atomic E-state index is 0.0249. The molecule has 8 nitrogen and oxygen atoms in total. The summed E-state index contributed by atoms with van der Waals surface area (Å²) in [6.07, 6.45) is 5.05. The van der Waals surface area contributed by atoms with E-state index in [1.54, 1.807) is 6.07 Å². The standard InChI is InChI=1S/C20H19NO7S/c1-4-10-21-29(24,25)16-7-5-6-14(11-16)20(23)28-13-18(22)17-9-8-15(26-2)12-19(17)27-3/h1,5-9,11-12,21H,10,13H2,2-3H3. The molecule has 0 spiro atoms.